The maximum Gasteiger partial charge on any atom is 0.470 e. The number of methoxy groups -OCH3 is 2. The minimum absolute atomic E-state index is 0.00588. The van der Waals surface area contributed by atoms with Gasteiger partial charge in [-0.3, -0.25) is 9.69 Å². The highest BCUT2D eigenvalue weighted by Crippen LogP contribution is 2.32. The maximum atomic E-state index is 12.6. The number of likely N-dealkylation sites (tertiary alicyclic amines) is 1. The number of carbonyl (C=O) groups is 1. The molecular weight excluding hydrogens is 417 g/mol. The molecule has 170 valence electrons. The van der Waals surface area contributed by atoms with Crippen LogP contribution in [0.4, 0.5) is 13.2 Å². The number of rotatable bonds is 8. The van der Waals surface area contributed by atoms with Gasteiger partial charge in [0.2, 0.25) is 11.8 Å². The minimum Gasteiger partial charge on any atom is -0.493 e. The van der Waals surface area contributed by atoms with Crippen molar-refractivity contribution in [3.8, 4) is 11.5 Å². The summed E-state index contributed by atoms with van der Waals surface area (Å²) in [6.45, 7) is 1.85. The van der Waals surface area contributed by atoms with Crippen LogP contribution in [0.3, 0.4) is 0 Å². The molecule has 0 unspecified atom stereocenters. The number of aromatic nitrogens is 2. The zero-order chi connectivity index (χ0) is 22.4. The highest BCUT2D eigenvalue weighted by atomic mass is 19.4. The van der Waals surface area contributed by atoms with E-state index in [0.29, 0.717) is 50.4 Å². The van der Waals surface area contributed by atoms with Gasteiger partial charge in [0.25, 0.3) is 0 Å². The Hall–Kier alpha value is -2.82. The highest BCUT2D eigenvalue weighted by molar-refractivity contribution is 5.78. The second kappa shape index (κ2) is 9.99. The molecule has 2 aromatic rings. The van der Waals surface area contributed by atoms with Gasteiger partial charge < -0.3 is 19.2 Å². The van der Waals surface area contributed by atoms with E-state index in [1.54, 1.807) is 14.2 Å². The van der Waals surface area contributed by atoms with Crippen molar-refractivity contribution < 1.29 is 31.9 Å². The number of ether oxygens (including phenoxy) is 2. The molecule has 1 saturated heterocycles. The fraction of sp³-hybridized carbons (Fsp3) is 0.550. The molecule has 0 radical (unpaired) electrons. The Balaban J connectivity index is 1.40. The van der Waals surface area contributed by atoms with Crippen molar-refractivity contribution in [2.45, 2.75) is 31.4 Å². The van der Waals surface area contributed by atoms with Gasteiger partial charge in [0.1, 0.15) is 0 Å². The zero-order valence-electron chi connectivity index (χ0n) is 17.4. The van der Waals surface area contributed by atoms with E-state index in [-0.39, 0.29) is 24.3 Å². The van der Waals surface area contributed by atoms with Gasteiger partial charge >= 0.3 is 12.1 Å². The van der Waals surface area contributed by atoms with Gasteiger partial charge in [-0.15, -0.1) is 10.2 Å². The first kappa shape index (κ1) is 22.9. The van der Waals surface area contributed by atoms with Gasteiger partial charge in [-0.25, -0.2) is 0 Å². The van der Waals surface area contributed by atoms with Crippen LogP contribution in [-0.4, -0.2) is 61.4 Å². The summed E-state index contributed by atoms with van der Waals surface area (Å²) >= 11 is 0. The number of benzene rings is 1. The van der Waals surface area contributed by atoms with Crippen LogP contribution in [0.1, 0.15) is 36.1 Å². The van der Waals surface area contributed by atoms with Crippen LogP contribution in [-0.2, 0) is 17.4 Å². The van der Waals surface area contributed by atoms with Gasteiger partial charge in [0.05, 0.1) is 20.8 Å². The van der Waals surface area contributed by atoms with Crippen LogP contribution < -0.4 is 14.8 Å². The second-order valence-electron chi connectivity index (χ2n) is 7.28. The third-order valence-corrected chi connectivity index (χ3v) is 5.17. The predicted molar refractivity (Wildman–Crippen MR) is 104 cm³/mol. The van der Waals surface area contributed by atoms with Crippen LogP contribution in [0, 0.1) is 0 Å². The second-order valence-corrected chi connectivity index (χ2v) is 7.28. The normalized spacial score (nSPS) is 15.6. The van der Waals surface area contributed by atoms with Crippen LogP contribution in [0.25, 0.3) is 0 Å². The van der Waals surface area contributed by atoms with Gasteiger partial charge in [-0.05, 0) is 50.0 Å². The molecule has 3 rings (SSSR count). The Kier molecular flexibility index (Phi) is 7.37. The summed E-state index contributed by atoms with van der Waals surface area (Å²) in [5, 5.41) is 9.50. The van der Waals surface area contributed by atoms with Crippen molar-refractivity contribution in [2.75, 3.05) is 40.4 Å². The molecule has 8 nitrogen and oxygen atoms in total. The van der Waals surface area contributed by atoms with Crippen LogP contribution in [0.2, 0.25) is 0 Å². The molecule has 11 heteroatoms. The van der Waals surface area contributed by atoms with Crippen molar-refractivity contribution >= 4 is 5.91 Å². The number of nitrogens with one attached hydrogen (secondary N) is 1. The smallest absolute Gasteiger partial charge is 0.470 e. The molecule has 1 amide bonds. The number of hydrogen-bond acceptors (Lipinski definition) is 7. The first-order valence-corrected chi connectivity index (χ1v) is 9.90. The van der Waals surface area contributed by atoms with Crippen molar-refractivity contribution in [1.82, 2.24) is 20.4 Å². The largest absolute Gasteiger partial charge is 0.493 e. The quantitative estimate of drug-likeness (QED) is 0.672. The highest BCUT2D eigenvalue weighted by Gasteiger charge is 2.39. The molecule has 0 atom stereocenters. The minimum atomic E-state index is -4.64. The summed E-state index contributed by atoms with van der Waals surface area (Å²) < 4.78 is 53.0. The fourth-order valence-electron chi connectivity index (χ4n) is 3.49. The van der Waals surface area contributed by atoms with Crippen molar-refractivity contribution in [3.63, 3.8) is 0 Å². The van der Waals surface area contributed by atoms with E-state index in [1.807, 2.05) is 23.1 Å². The fourth-order valence-corrected chi connectivity index (χ4v) is 3.49. The van der Waals surface area contributed by atoms with E-state index >= 15 is 0 Å². The average molecular weight is 442 g/mol. The summed E-state index contributed by atoms with van der Waals surface area (Å²) in [7, 11) is 3.14. The van der Waals surface area contributed by atoms with E-state index in [0.717, 1.165) is 5.56 Å². The topological polar surface area (TPSA) is 89.7 Å². The number of nitrogens with zero attached hydrogens (tertiary/aromatic N) is 3. The number of carbonyl (C=O) groups excluding carboxylic acids is 1. The van der Waals surface area contributed by atoms with E-state index in [4.69, 9.17) is 13.9 Å². The summed E-state index contributed by atoms with van der Waals surface area (Å²) in [5.74, 6) is -0.360. The Morgan fingerprint density at radius 2 is 1.90 bits per heavy atom. The maximum absolute atomic E-state index is 12.6. The van der Waals surface area contributed by atoms with Crippen LogP contribution in [0.5, 0.6) is 11.5 Å². The molecule has 31 heavy (non-hydrogen) atoms. The molecule has 0 spiro atoms. The predicted octanol–water partition coefficient (Wildman–Crippen LogP) is 2.64. The molecular formula is C20H25F3N4O4. The molecule has 0 aliphatic carbocycles. The van der Waals surface area contributed by atoms with Crippen molar-refractivity contribution in [3.05, 3.63) is 35.5 Å². The molecule has 0 saturated carbocycles. The lowest BCUT2D eigenvalue weighted by Gasteiger charge is -2.29. The Morgan fingerprint density at radius 1 is 1.19 bits per heavy atom. The van der Waals surface area contributed by atoms with Gasteiger partial charge in [0, 0.05) is 12.5 Å². The lowest BCUT2D eigenvalue weighted by molar-refractivity contribution is -0.157. The zero-order valence-corrected chi connectivity index (χ0v) is 17.4. The molecule has 1 aromatic heterocycles. The SMILES string of the molecule is COc1ccc(CCNC(=O)CN2CCC(c3nnc(C(F)(F)F)o3)CC2)cc1OC. The number of halogens is 3. The summed E-state index contributed by atoms with van der Waals surface area (Å²) in [4.78, 5) is 14.2. The Labute approximate surface area is 177 Å². The third kappa shape index (κ3) is 6.09. The average Bonchev–Trinajstić information content (AvgIpc) is 3.25. The first-order valence-electron chi connectivity index (χ1n) is 9.90. The summed E-state index contributed by atoms with van der Waals surface area (Å²) in [5.41, 5.74) is 1.01. The van der Waals surface area contributed by atoms with E-state index in [2.05, 4.69) is 15.5 Å². The number of alkyl halides is 3. The lowest BCUT2D eigenvalue weighted by atomic mass is 9.97. The molecule has 1 aliphatic rings. The van der Waals surface area contributed by atoms with E-state index in [9.17, 15) is 18.0 Å². The molecule has 1 aromatic carbocycles. The number of hydrogen-bond donors (Lipinski definition) is 1. The van der Waals surface area contributed by atoms with Crippen LogP contribution in [0.15, 0.2) is 22.6 Å². The van der Waals surface area contributed by atoms with E-state index < -0.39 is 12.1 Å². The molecule has 1 fully saturated rings. The Bertz CT molecular complexity index is 880. The molecule has 2 heterocycles. The van der Waals surface area contributed by atoms with E-state index in [1.165, 1.54) is 0 Å². The Morgan fingerprint density at radius 3 is 2.52 bits per heavy atom. The molecule has 1 N–H and O–H groups in total. The number of amides is 1. The van der Waals surface area contributed by atoms with Crippen LogP contribution >= 0.6 is 0 Å². The van der Waals surface area contributed by atoms with Crippen molar-refractivity contribution in [2.24, 2.45) is 0 Å². The van der Waals surface area contributed by atoms with Gasteiger partial charge in [0.15, 0.2) is 11.5 Å². The van der Waals surface area contributed by atoms with Gasteiger partial charge in [-0.2, -0.15) is 13.2 Å². The first-order chi connectivity index (χ1) is 14.8. The van der Waals surface area contributed by atoms with Crippen molar-refractivity contribution in [1.29, 1.82) is 0 Å². The monoisotopic (exact) mass is 442 g/mol. The third-order valence-electron chi connectivity index (χ3n) is 5.17. The molecule has 1 aliphatic heterocycles. The van der Waals surface area contributed by atoms with Gasteiger partial charge in [-0.1, -0.05) is 6.07 Å². The standard InChI is InChI=1S/C20H25F3N4O4/c1-29-15-4-3-13(11-16(15)30-2)5-8-24-17(28)12-27-9-6-14(7-10-27)18-25-26-19(31-18)20(21,22)23/h3-4,11,14H,5-10,12H2,1-2H3,(H,24,28). The lowest BCUT2D eigenvalue weighted by Crippen LogP contribution is -2.41. The summed E-state index contributed by atoms with van der Waals surface area (Å²) in [6.07, 6.45) is -2.88. The molecule has 0 bridgehead atoms. The number of piperidine rings is 1. The summed E-state index contributed by atoms with van der Waals surface area (Å²) in [6, 6.07) is 5.61.